The zero-order valence-electron chi connectivity index (χ0n) is 20.8. The second kappa shape index (κ2) is 10.7. The first-order valence-electron chi connectivity index (χ1n) is 12.5. The Bertz CT molecular complexity index is 1240. The van der Waals surface area contributed by atoms with Gasteiger partial charge in [0.25, 0.3) is 5.91 Å². The lowest BCUT2D eigenvalue weighted by Gasteiger charge is -2.44. The summed E-state index contributed by atoms with van der Waals surface area (Å²) < 4.78 is 6.29. The minimum Gasteiger partial charge on any atom is -0.488 e. The Labute approximate surface area is 215 Å². The van der Waals surface area contributed by atoms with E-state index in [0.29, 0.717) is 43.6 Å². The Morgan fingerprint density at radius 2 is 1.73 bits per heavy atom. The number of pyridine rings is 1. The van der Waals surface area contributed by atoms with Gasteiger partial charge in [0, 0.05) is 50.0 Å². The number of likely N-dealkylation sites (N-methyl/N-ethyl adjacent to an activating group) is 1. The van der Waals surface area contributed by atoms with E-state index in [0.717, 1.165) is 16.6 Å². The van der Waals surface area contributed by atoms with Gasteiger partial charge in [0.2, 0.25) is 5.91 Å². The molecule has 5 rings (SSSR count). The van der Waals surface area contributed by atoms with Crippen molar-refractivity contribution in [2.75, 3.05) is 44.7 Å². The molecule has 2 amide bonds. The summed E-state index contributed by atoms with van der Waals surface area (Å²) in [6.45, 7) is 2.64. The molecular formula is C27H32N6O4. The maximum absolute atomic E-state index is 13.4. The molecule has 2 saturated heterocycles. The van der Waals surface area contributed by atoms with E-state index < -0.39 is 23.8 Å². The predicted molar refractivity (Wildman–Crippen MR) is 139 cm³/mol. The highest BCUT2D eigenvalue weighted by molar-refractivity contribution is 5.89. The van der Waals surface area contributed by atoms with E-state index in [1.807, 2.05) is 54.6 Å². The number of rotatable bonds is 6. The number of nitrogens with zero attached hydrogens (tertiary/aromatic N) is 5. The van der Waals surface area contributed by atoms with Gasteiger partial charge in [-0.1, -0.05) is 30.3 Å². The average Bonchev–Trinajstić information content (AvgIpc) is 2.93. The van der Waals surface area contributed by atoms with Crippen molar-refractivity contribution in [2.45, 2.75) is 18.6 Å². The molecule has 2 aliphatic heterocycles. The van der Waals surface area contributed by atoms with E-state index in [4.69, 9.17) is 10.5 Å². The average molecular weight is 505 g/mol. The monoisotopic (exact) mass is 504 g/mol. The van der Waals surface area contributed by atoms with Gasteiger partial charge in [-0.05, 0) is 43.8 Å². The van der Waals surface area contributed by atoms with Gasteiger partial charge in [-0.25, -0.2) is 0 Å². The topological polar surface area (TPSA) is 115 Å². The van der Waals surface area contributed by atoms with E-state index in [2.05, 4.69) is 9.88 Å². The fourth-order valence-electron chi connectivity index (χ4n) is 5.34. The number of ether oxygens (including phenoxy) is 1. The molecule has 2 aromatic carbocycles. The molecule has 0 unspecified atom stereocenters. The van der Waals surface area contributed by atoms with Gasteiger partial charge in [-0.15, -0.1) is 5.17 Å². The highest BCUT2D eigenvalue weighted by atomic mass is 16.6. The maximum atomic E-state index is 13.4. The highest BCUT2D eigenvalue weighted by Gasteiger charge is 2.45. The van der Waals surface area contributed by atoms with Crippen LogP contribution in [0, 0.1) is 5.92 Å². The van der Waals surface area contributed by atoms with Crippen LogP contribution in [0.15, 0.2) is 66.9 Å². The number of piperidine rings is 1. The van der Waals surface area contributed by atoms with Crippen LogP contribution in [-0.4, -0.2) is 89.0 Å². The third kappa shape index (κ3) is 5.22. The van der Waals surface area contributed by atoms with Crippen molar-refractivity contribution in [1.82, 2.24) is 20.1 Å². The number of piperazine rings is 1. The molecule has 0 saturated carbocycles. The van der Waals surface area contributed by atoms with Gasteiger partial charge in [-0.3, -0.25) is 24.7 Å². The van der Waals surface area contributed by atoms with Crippen LogP contribution in [0.5, 0.6) is 5.75 Å². The van der Waals surface area contributed by atoms with Crippen LogP contribution in [-0.2, 0) is 9.59 Å². The molecule has 194 valence electrons. The van der Waals surface area contributed by atoms with Crippen LogP contribution < -0.4 is 15.4 Å². The molecule has 0 radical (unpaired) electrons. The molecule has 0 bridgehead atoms. The lowest BCUT2D eigenvalue weighted by atomic mass is 9.86. The third-order valence-corrected chi connectivity index (χ3v) is 7.23. The summed E-state index contributed by atoms with van der Waals surface area (Å²) in [4.78, 5) is 34.2. The maximum Gasteiger partial charge on any atom is 0.279 e. The number of carbonyl (C=O) groups excluding carboxylic acids is 2. The molecule has 0 spiro atoms. The largest absolute Gasteiger partial charge is 0.488 e. The zero-order valence-corrected chi connectivity index (χ0v) is 20.8. The summed E-state index contributed by atoms with van der Waals surface area (Å²) in [5, 5.41) is 14.0. The second-order valence-corrected chi connectivity index (χ2v) is 9.60. The number of hydrogen-bond donors (Lipinski definition) is 2. The SMILES string of the molecule is CN1C[C@@H](Oc2ccnc3ccccc23)C[C@H](C(N)=O)[C@H]1C(=O)N(O)N1CCN(c2ccccc2)CC1. The number of anilines is 1. The number of para-hydroxylation sites is 2. The summed E-state index contributed by atoms with van der Waals surface area (Å²) in [7, 11) is 1.75. The molecule has 10 nitrogen and oxygen atoms in total. The summed E-state index contributed by atoms with van der Waals surface area (Å²) in [6, 6.07) is 18.6. The molecule has 10 heteroatoms. The van der Waals surface area contributed by atoms with Crippen molar-refractivity contribution in [1.29, 1.82) is 0 Å². The minimum atomic E-state index is -0.885. The van der Waals surface area contributed by atoms with E-state index in [1.54, 1.807) is 29.2 Å². The number of fused-ring (bicyclic) bond motifs is 1. The van der Waals surface area contributed by atoms with Crippen LogP contribution in [0.4, 0.5) is 5.69 Å². The zero-order chi connectivity index (χ0) is 25.9. The van der Waals surface area contributed by atoms with Gasteiger partial charge >= 0.3 is 0 Å². The van der Waals surface area contributed by atoms with Crippen LogP contribution in [0.1, 0.15) is 6.42 Å². The van der Waals surface area contributed by atoms with E-state index in [-0.39, 0.29) is 12.5 Å². The molecule has 2 fully saturated rings. The number of aromatic nitrogens is 1. The molecule has 3 heterocycles. The van der Waals surface area contributed by atoms with Gasteiger partial charge in [-0.2, -0.15) is 5.01 Å². The number of amides is 2. The van der Waals surface area contributed by atoms with Crippen molar-refractivity contribution in [3.05, 3.63) is 66.9 Å². The summed E-state index contributed by atoms with van der Waals surface area (Å²) >= 11 is 0. The molecular weight excluding hydrogens is 472 g/mol. The highest BCUT2D eigenvalue weighted by Crippen LogP contribution is 2.30. The molecule has 0 aliphatic carbocycles. The Morgan fingerprint density at radius 1 is 1.03 bits per heavy atom. The van der Waals surface area contributed by atoms with Crippen molar-refractivity contribution < 1.29 is 19.5 Å². The lowest BCUT2D eigenvalue weighted by molar-refractivity contribution is -0.245. The number of primary amides is 1. The standard InChI is InChI=1S/C27H32N6O4/c1-30-18-20(37-24-11-12-29-23-10-6-5-9-21(23)24)17-22(26(28)34)25(30)27(35)33(36)32-15-13-31(14-16-32)19-7-3-2-4-8-19/h2-12,20,22,25,36H,13-18H2,1H3,(H2,28,34)/t20-,22-,25-/m0/s1. The Balaban J connectivity index is 1.26. The number of nitrogens with two attached hydrogens (primary N) is 1. The number of hydrazine groups is 1. The summed E-state index contributed by atoms with van der Waals surface area (Å²) in [6.07, 6.45) is 1.59. The fourth-order valence-corrected chi connectivity index (χ4v) is 5.34. The molecule has 3 aromatic rings. The molecule has 1 aromatic heterocycles. The number of benzene rings is 2. The summed E-state index contributed by atoms with van der Waals surface area (Å²) in [5.41, 5.74) is 7.68. The van der Waals surface area contributed by atoms with Crippen LogP contribution in [0.25, 0.3) is 10.9 Å². The number of hydroxylamine groups is 1. The minimum absolute atomic E-state index is 0.266. The first kappa shape index (κ1) is 24.9. The van der Waals surface area contributed by atoms with Gasteiger partial charge in [0.15, 0.2) is 0 Å². The summed E-state index contributed by atoms with van der Waals surface area (Å²) in [5.74, 6) is -1.31. The number of carbonyl (C=O) groups is 2. The van der Waals surface area contributed by atoms with E-state index in [9.17, 15) is 14.8 Å². The Kier molecular flexibility index (Phi) is 7.22. The van der Waals surface area contributed by atoms with Crippen molar-refractivity contribution in [2.24, 2.45) is 11.7 Å². The molecule has 3 atom stereocenters. The quantitative estimate of drug-likeness (QED) is 0.385. The second-order valence-electron chi connectivity index (χ2n) is 9.60. The first-order valence-corrected chi connectivity index (χ1v) is 12.5. The van der Waals surface area contributed by atoms with Gasteiger partial charge in [0.1, 0.15) is 17.9 Å². The van der Waals surface area contributed by atoms with Crippen molar-refractivity contribution in [3.63, 3.8) is 0 Å². The Morgan fingerprint density at radius 3 is 2.46 bits per heavy atom. The lowest BCUT2D eigenvalue weighted by Crippen LogP contribution is -2.63. The number of hydrogen-bond acceptors (Lipinski definition) is 8. The van der Waals surface area contributed by atoms with Gasteiger partial charge < -0.3 is 15.4 Å². The van der Waals surface area contributed by atoms with Gasteiger partial charge in [0.05, 0.1) is 11.4 Å². The van der Waals surface area contributed by atoms with Crippen molar-refractivity contribution >= 4 is 28.4 Å². The fraction of sp³-hybridized carbons (Fsp3) is 0.370. The van der Waals surface area contributed by atoms with E-state index in [1.165, 1.54) is 0 Å². The molecule has 3 N–H and O–H groups in total. The smallest absolute Gasteiger partial charge is 0.279 e. The van der Waals surface area contributed by atoms with Crippen LogP contribution in [0.2, 0.25) is 0 Å². The third-order valence-electron chi connectivity index (χ3n) is 7.23. The Hall–Kier alpha value is -3.73. The molecule has 37 heavy (non-hydrogen) atoms. The number of likely N-dealkylation sites (tertiary alicyclic amines) is 1. The first-order chi connectivity index (χ1) is 17.9. The van der Waals surface area contributed by atoms with Crippen LogP contribution in [0.3, 0.4) is 0 Å². The molecule has 2 aliphatic rings. The predicted octanol–water partition coefficient (Wildman–Crippen LogP) is 1.74. The van der Waals surface area contributed by atoms with Crippen LogP contribution >= 0.6 is 0 Å². The normalized spacial score (nSPS) is 23.1. The van der Waals surface area contributed by atoms with E-state index >= 15 is 0 Å². The van der Waals surface area contributed by atoms with Crippen molar-refractivity contribution in [3.8, 4) is 5.75 Å².